The largest absolute Gasteiger partial charge is 0.206 e. The summed E-state index contributed by atoms with van der Waals surface area (Å²) in [5.41, 5.74) is 4.80. The third-order valence-corrected chi connectivity index (χ3v) is 11.3. The van der Waals surface area contributed by atoms with Gasteiger partial charge in [0.2, 0.25) is 0 Å². The van der Waals surface area contributed by atoms with Crippen LogP contribution < -0.4 is 0 Å². The van der Waals surface area contributed by atoms with Gasteiger partial charge in [-0.2, -0.15) is 0 Å². The zero-order chi connectivity index (χ0) is 33.0. The van der Waals surface area contributed by atoms with Crippen LogP contribution in [0.3, 0.4) is 0 Å². The van der Waals surface area contributed by atoms with Crippen LogP contribution in [-0.2, 0) is 6.42 Å². The van der Waals surface area contributed by atoms with Gasteiger partial charge in [0.05, 0.1) is 0 Å². The van der Waals surface area contributed by atoms with E-state index in [1.807, 2.05) is 12.1 Å². The van der Waals surface area contributed by atoms with E-state index in [2.05, 4.69) is 19.9 Å². The molecule has 0 heterocycles. The van der Waals surface area contributed by atoms with Crippen molar-refractivity contribution in [1.29, 1.82) is 0 Å². The van der Waals surface area contributed by atoms with Gasteiger partial charge < -0.3 is 0 Å². The Morgan fingerprint density at radius 3 is 1.85 bits per heavy atom. The predicted molar refractivity (Wildman–Crippen MR) is 194 cm³/mol. The van der Waals surface area contributed by atoms with Crippen molar-refractivity contribution in [2.75, 3.05) is 0 Å². The normalized spacial score (nSPS) is 19.9. The molecule has 0 amide bonds. The molecule has 1 unspecified atom stereocenters. The second-order valence-electron chi connectivity index (χ2n) is 14.6. The van der Waals surface area contributed by atoms with Gasteiger partial charge in [-0.05, 0) is 96.6 Å². The first-order chi connectivity index (χ1) is 23.0. The molecule has 0 aromatic heterocycles. The lowest BCUT2D eigenvalue weighted by Crippen LogP contribution is -2.23. The highest BCUT2D eigenvalue weighted by atomic mass is 19.2. The highest BCUT2D eigenvalue weighted by Crippen LogP contribution is 2.42. The molecular weight excluding hydrogens is 585 g/mol. The van der Waals surface area contributed by atoms with E-state index in [0.29, 0.717) is 23.1 Å². The first-order valence-corrected chi connectivity index (χ1v) is 19.0. The fraction of sp³-hybridized carbons (Fsp3) is 0.545. The topological polar surface area (TPSA) is 0 Å². The lowest BCUT2D eigenvalue weighted by Gasteiger charge is -2.35. The van der Waals surface area contributed by atoms with Crippen molar-refractivity contribution in [2.45, 2.75) is 136 Å². The Balaban J connectivity index is 1.15. The van der Waals surface area contributed by atoms with Crippen molar-refractivity contribution in [3.63, 3.8) is 0 Å². The summed E-state index contributed by atoms with van der Waals surface area (Å²) in [5.74, 6) is 0.795. The van der Waals surface area contributed by atoms with E-state index in [0.717, 1.165) is 61.0 Å². The molecule has 0 nitrogen and oxygen atoms in total. The van der Waals surface area contributed by atoms with Gasteiger partial charge in [-0.25, -0.2) is 13.2 Å². The van der Waals surface area contributed by atoms with Crippen LogP contribution in [0.25, 0.3) is 27.8 Å². The summed E-state index contributed by atoms with van der Waals surface area (Å²) in [5, 5.41) is 0. The molecular formula is C44H57F3. The van der Waals surface area contributed by atoms with Crippen LogP contribution in [0.15, 0.2) is 60.7 Å². The molecule has 2 aliphatic rings. The van der Waals surface area contributed by atoms with Crippen molar-refractivity contribution in [2.24, 2.45) is 17.8 Å². The molecule has 5 rings (SSSR count). The Kier molecular flexibility index (Phi) is 13.7. The molecule has 3 aromatic rings. The highest BCUT2D eigenvalue weighted by Gasteiger charge is 2.29. The molecule has 1 atom stereocenters. The average Bonchev–Trinajstić information content (AvgIpc) is 3.10. The standard InChI is InChI=1S/C44H57F3/c1-3-5-7-8-9-10-12-14-38-27-30-41(44(47)43(38)46)37-25-23-36(24-26-37)40-29-28-39(31-42(40)45)35-21-19-34(20-22-35)33-17-15-32(16-18-33)13-11-6-4-2/h21,23-34H,3-20,22H2,1-2H3. The SMILES string of the molecule is CCCCCCCCCc1ccc(-c2ccc(-c3ccc(C4=CCC(C5CCC(CCCCC)CC5)CC4)cc3F)cc2)c(F)c1F. The first-order valence-electron chi connectivity index (χ1n) is 19.0. The van der Waals surface area contributed by atoms with Crippen LogP contribution in [0.1, 0.15) is 141 Å². The van der Waals surface area contributed by atoms with Gasteiger partial charge in [0.15, 0.2) is 11.6 Å². The highest BCUT2D eigenvalue weighted by molar-refractivity contribution is 5.74. The molecule has 1 fully saturated rings. The van der Waals surface area contributed by atoms with Gasteiger partial charge in [-0.15, -0.1) is 0 Å². The van der Waals surface area contributed by atoms with Crippen molar-refractivity contribution >= 4 is 5.57 Å². The van der Waals surface area contributed by atoms with Crippen LogP contribution in [0.5, 0.6) is 0 Å². The molecule has 0 radical (unpaired) electrons. The van der Waals surface area contributed by atoms with Crippen molar-refractivity contribution in [1.82, 2.24) is 0 Å². The molecule has 0 N–H and O–H groups in total. The number of allylic oxidation sites excluding steroid dienone is 2. The molecule has 3 heteroatoms. The maximum absolute atomic E-state index is 15.5. The summed E-state index contributed by atoms with van der Waals surface area (Å²) >= 11 is 0. The number of rotatable bonds is 16. The summed E-state index contributed by atoms with van der Waals surface area (Å²) in [4.78, 5) is 0. The van der Waals surface area contributed by atoms with Crippen LogP contribution in [0.4, 0.5) is 13.2 Å². The van der Waals surface area contributed by atoms with Gasteiger partial charge in [0.25, 0.3) is 0 Å². The Bertz CT molecular complexity index is 1430. The van der Waals surface area contributed by atoms with Gasteiger partial charge in [-0.3, -0.25) is 0 Å². The minimum absolute atomic E-state index is 0.244. The minimum Gasteiger partial charge on any atom is -0.206 e. The van der Waals surface area contributed by atoms with E-state index >= 15 is 8.78 Å². The van der Waals surface area contributed by atoms with Crippen molar-refractivity contribution in [3.8, 4) is 22.3 Å². The number of hydrogen-bond donors (Lipinski definition) is 0. The quantitative estimate of drug-likeness (QED) is 0.136. The van der Waals surface area contributed by atoms with E-state index in [4.69, 9.17) is 0 Å². The second kappa shape index (κ2) is 18.1. The monoisotopic (exact) mass is 642 g/mol. The summed E-state index contributed by atoms with van der Waals surface area (Å²) in [6.45, 7) is 4.49. The van der Waals surface area contributed by atoms with Crippen LogP contribution in [-0.4, -0.2) is 0 Å². The number of benzene rings is 3. The number of aryl methyl sites for hydroxylation is 1. The van der Waals surface area contributed by atoms with Crippen molar-refractivity contribution in [3.05, 3.63) is 89.3 Å². The predicted octanol–water partition coefficient (Wildman–Crippen LogP) is 14.3. The van der Waals surface area contributed by atoms with Gasteiger partial charge >= 0.3 is 0 Å². The molecule has 254 valence electrons. The molecule has 0 bridgehead atoms. The number of halogens is 3. The molecule has 3 aromatic carbocycles. The molecule has 0 spiro atoms. The molecule has 47 heavy (non-hydrogen) atoms. The summed E-state index contributed by atoms with van der Waals surface area (Å²) in [7, 11) is 0. The molecule has 2 aliphatic carbocycles. The first kappa shape index (κ1) is 35.5. The van der Waals surface area contributed by atoms with E-state index < -0.39 is 11.6 Å². The third kappa shape index (κ3) is 9.64. The second-order valence-corrected chi connectivity index (χ2v) is 14.6. The van der Waals surface area contributed by atoms with Crippen molar-refractivity contribution < 1.29 is 13.2 Å². The summed E-state index contributed by atoms with van der Waals surface area (Å²) in [6, 6.07) is 16.1. The molecule has 0 aliphatic heterocycles. The Morgan fingerprint density at radius 1 is 0.574 bits per heavy atom. The number of hydrogen-bond acceptors (Lipinski definition) is 0. The van der Waals surface area contributed by atoms with Crippen LogP contribution >= 0.6 is 0 Å². The average molecular weight is 643 g/mol. The van der Waals surface area contributed by atoms with Crippen LogP contribution in [0.2, 0.25) is 0 Å². The van der Waals surface area contributed by atoms with E-state index in [-0.39, 0.29) is 11.4 Å². The maximum Gasteiger partial charge on any atom is 0.166 e. The fourth-order valence-corrected chi connectivity index (χ4v) is 8.23. The third-order valence-electron chi connectivity index (χ3n) is 11.3. The maximum atomic E-state index is 15.5. The minimum atomic E-state index is -0.799. The van der Waals surface area contributed by atoms with Gasteiger partial charge in [0, 0.05) is 11.1 Å². The Labute approximate surface area is 283 Å². The molecule has 0 saturated heterocycles. The number of unbranched alkanes of at least 4 members (excludes halogenated alkanes) is 8. The zero-order valence-corrected chi connectivity index (χ0v) is 29.1. The van der Waals surface area contributed by atoms with E-state index in [1.165, 1.54) is 89.0 Å². The van der Waals surface area contributed by atoms with E-state index in [9.17, 15) is 4.39 Å². The molecule has 1 saturated carbocycles. The smallest absolute Gasteiger partial charge is 0.166 e. The fourth-order valence-electron chi connectivity index (χ4n) is 8.23. The van der Waals surface area contributed by atoms with Gasteiger partial charge in [0.1, 0.15) is 5.82 Å². The van der Waals surface area contributed by atoms with E-state index in [1.54, 1.807) is 42.5 Å². The Morgan fingerprint density at radius 2 is 1.19 bits per heavy atom. The summed E-state index contributed by atoms with van der Waals surface area (Å²) in [6.07, 6.45) is 25.4. The zero-order valence-electron chi connectivity index (χ0n) is 29.1. The van der Waals surface area contributed by atoms with Crippen LogP contribution in [0, 0.1) is 35.2 Å². The van der Waals surface area contributed by atoms with Gasteiger partial charge in [-0.1, -0.05) is 146 Å². The lowest BCUT2D eigenvalue weighted by atomic mass is 9.70. The lowest BCUT2D eigenvalue weighted by molar-refractivity contribution is 0.187. The summed E-state index contributed by atoms with van der Waals surface area (Å²) < 4.78 is 45.5. The Hall–Kier alpha value is -2.81.